The zero-order valence-corrected chi connectivity index (χ0v) is 20.2. The second-order valence-corrected chi connectivity index (χ2v) is 10.6. The fourth-order valence-electron chi connectivity index (χ4n) is 4.88. The molecule has 4 heterocycles. The summed E-state index contributed by atoms with van der Waals surface area (Å²) in [5, 5.41) is 22.6. The van der Waals surface area contributed by atoms with Crippen molar-refractivity contribution in [3.05, 3.63) is 62.6 Å². The molecule has 1 aromatic carbocycles. The van der Waals surface area contributed by atoms with Gasteiger partial charge in [0.25, 0.3) is 5.92 Å². The third kappa shape index (κ3) is 4.33. The lowest BCUT2D eigenvalue weighted by Crippen LogP contribution is -2.51. The van der Waals surface area contributed by atoms with Gasteiger partial charge >= 0.3 is 0 Å². The van der Waals surface area contributed by atoms with Gasteiger partial charge in [-0.25, -0.2) is 4.68 Å². The van der Waals surface area contributed by atoms with Gasteiger partial charge in [-0.05, 0) is 37.1 Å². The molecule has 2 aliphatic rings. The lowest BCUT2D eigenvalue weighted by molar-refractivity contribution is -0.183. The van der Waals surface area contributed by atoms with Crippen LogP contribution in [0.4, 0.5) is 8.78 Å². The number of rotatable bonds is 5. The maximum atomic E-state index is 14.5. The molecule has 0 aliphatic carbocycles. The van der Waals surface area contributed by atoms with Crippen molar-refractivity contribution in [1.82, 2.24) is 20.3 Å². The quantitative estimate of drug-likeness (QED) is 0.523. The Morgan fingerprint density at radius 2 is 2.12 bits per heavy atom. The molecule has 34 heavy (non-hydrogen) atoms. The summed E-state index contributed by atoms with van der Waals surface area (Å²) in [4.78, 5) is 0.495. The van der Waals surface area contributed by atoms with Crippen LogP contribution in [0.5, 0.6) is 5.75 Å². The molecule has 5 rings (SSSR count). The number of thiophene rings is 1. The van der Waals surface area contributed by atoms with Crippen LogP contribution < -0.4 is 10.1 Å². The minimum absolute atomic E-state index is 0.00534. The van der Waals surface area contributed by atoms with Crippen LogP contribution in [-0.2, 0) is 22.8 Å². The Bertz CT molecular complexity index is 1170. The van der Waals surface area contributed by atoms with Crippen molar-refractivity contribution in [2.75, 3.05) is 13.7 Å². The fraction of sp³-hybridized carbons (Fsp3) is 0.478. The summed E-state index contributed by atoms with van der Waals surface area (Å²) in [5.41, 5.74) is 0.502. The molecule has 1 unspecified atom stereocenters. The number of hydrogen-bond donors (Lipinski definition) is 2. The van der Waals surface area contributed by atoms with Crippen molar-refractivity contribution in [1.29, 1.82) is 0 Å². The number of ether oxygens (including phenoxy) is 2. The number of hydrogen-bond acceptors (Lipinski definition) is 7. The summed E-state index contributed by atoms with van der Waals surface area (Å²) >= 11 is 7.31. The SMILES string of the molecule is COc1ccc(C(O)Cn2cc([C@@H]3C[C@]4(C[C@H](C)N3)OCC(F)(F)c3cc(Cl)sc34)nn2)cc1. The minimum Gasteiger partial charge on any atom is -0.497 e. The predicted octanol–water partition coefficient (Wildman–Crippen LogP) is 4.57. The molecule has 2 aliphatic heterocycles. The Kier molecular flexibility index (Phi) is 6.14. The van der Waals surface area contributed by atoms with E-state index in [1.165, 1.54) is 6.07 Å². The van der Waals surface area contributed by atoms with Crippen LogP contribution in [0.2, 0.25) is 4.34 Å². The number of alkyl halides is 2. The van der Waals surface area contributed by atoms with Crippen molar-refractivity contribution in [3.8, 4) is 5.75 Å². The molecular weight excluding hydrogens is 486 g/mol. The first-order chi connectivity index (χ1) is 16.2. The Morgan fingerprint density at radius 1 is 1.35 bits per heavy atom. The number of nitrogens with zero attached hydrogens (tertiary/aromatic N) is 3. The lowest BCUT2D eigenvalue weighted by atomic mass is 9.78. The predicted molar refractivity (Wildman–Crippen MR) is 123 cm³/mol. The number of fused-ring (bicyclic) bond motifs is 2. The molecule has 3 aromatic rings. The fourth-order valence-corrected chi connectivity index (χ4v) is 6.32. The molecule has 2 N–H and O–H groups in total. The molecule has 1 saturated heterocycles. The lowest BCUT2D eigenvalue weighted by Gasteiger charge is -2.47. The van der Waals surface area contributed by atoms with Gasteiger partial charge < -0.3 is 19.9 Å². The van der Waals surface area contributed by atoms with Crippen molar-refractivity contribution in [3.63, 3.8) is 0 Å². The minimum atomic E-state index is -3.06. The Balaban J connectivity index is 1.36. The first kappa shape index (κ1) is 23.6. The molecule has 4 atom stereocenters. The third-order valence-electron chi connectivity index (χ3n) is 6.47. The number of aromatic nitrogens is 3. The summed E-state index contributed by atoms with van der Waals surface area (Å²) in [6.07, 6.45) is 1.98. The normalized spacial score (nSPS) is 26.9. The maximum absolute atomic E-state index is 14.5. The van der Waals surface area contributed by atoms with Crippen LogP contribution >= 0.6 is 22.9 Å². The van der Waals surface area contributed by atoms with Gasteiger partial charge in [-0.2, -0.15) is 8.78 Å². The monoisotopic (exact) mass is 510 g/mol. The van der Waals surface area contributed by atoms with E-state index in [9.17, 15) is 13.9 Å². The van der Waals surface area contributed by atoms with Crippen LogP contribution in [0.1, 0.15) is 53.6 Å². The molecule has 0 saturated carbocycles. The first-order valence-electron chi connectivity index (χ1n) is 11.0. The Morgan fingerprint density at radius 3 is 2.85 bits per heavy atom. The number of nitrogens with one attached hydrogen (secondary N) is 1. The van der Waals surface area contributed by atoms with Crippen LogP contribution in [0.3, 0.4) is 0 Å². The second-order valence-electron chi connectivity index (χ2n) is 8.96. The highest BCUT2D eigenvalue weighted by Gasteiger charge is 2.53. The number of methoxy groups -OCH3 is 1. The van der Waals surface area contributed by atoms with E-state index < -0.39 is 24.2 Å². The molecular formula is C23H25ClF2N4O3S. The molecule has 0 radical (unpaired) electrons. The summed E-state index contributed by atoms with van der Waals surface area (Å²) in [5.74, 6) is -2.35. The van der Waals surface area contributed by atoms with Crippen LogP contribution in [0.15, 0.2) is 36.5 Å². The van der Waals surface area contributed by atoms with Gasteiger partial charge in [0.2, 0.25) is 0 Å². The van der Waals surface area contributed by atoms with E-state index in [1.54, 1.807) is 42.3 Å². The van der Waals surface area contributed by atoms with E-state index in [0.717, 1.165) is 16.9 Å². The molecule has 1 fully saturated rings. The smallest absolute Gasteiger partial charge is 0.297 e. The van der Waals surface area contributed by atoms with Gasteiger partial charge in [-0.3, -0.25) is 0 Å². The molecule has 7 nitrogen and oxygen atoms in total. The largest absolute Gasteiger partial charge is 0.497 e. The number of aliphatic hydroxyl groups excluding tert-OH is 1. The van der Waals surface area contributed by atoms with Gasteiger partial charge in [-0.1, -0.05) is 28.9 Å². The summed E-state index contributed by atoms with van der Waals surface area (Å²) in [6.45, 7) is 1.55. The highest BCUT2D eigenvalue weighted by molar-refractivity contribution is 7.16. The highest BCUT2D eigenvalue weighted by Crippen LogP contribution is 2.54. The van der Waals surface area contributed by atoms with Crippen molar-refractivity contribution in [2.45, 2.75) is 56.0 Å². The molecule has 1 spiro atoms. The first-order valence-corrected chi connectivity index (χ1v) is 12.2. The molecule has 11 heteroatoms. The average molecular weight is 511 g/mol. The highest BCUT2D eigenvalue weighted by atomic mass is 35.5. The molecule has 0 amide bonds. The summed E-state index contributed by atoms with van der Waals surface area (Å²) < 4.78 is 42.0. The van der Waals surface area contributed by atoms with Crippen molar-refractivity contribution in [2.24, 2.45) is 0 Å². The van der Waals surface area contributed by atoms with Gasteiger partial charge in [0, 0.05) is 22.9 Å². The number of piperidine rings is 1. The summed E-state index contributed by atoms with van der Waals surface area (Å²) in [6, 6.07) is 8.29. The number of benzene rings is 1. The Labute approximate surface area is 204 Å². The van der Waals surface area contributed by atoms with E-state index in [0.29, 0.717) is 33.5 Å². The third-order valence-corrected chi connectivity index (χ3v) is 7.92. The van der Waals surface area contributed by atoms with E-state index in [-0.39, 0.29) is 24.2 Å². The van der Waals surface area contributed by atoms with Gasteiger partial charge in [0.1, 0.15) is 18.0 Å². The van der Waals surface area contributed by atoms with E-state index in [2.05, 4.69) is 15.6 Å². The van der Waals surface area contributed by atoms with Gasteiger partial charge in [0.15, 0.2) is 0 Å². The molecule has 0 bridgehead atoms. The zero-order chi connectivity index (χ0) is 24.1. The number of halogens is 3. The zero-order valence-electron chi connectivity index (χ0n) is 18.7. The van der Waals surface area contributed by atoms with Crippen LogP contribution in [0.25, 0.3) is 0 Å². The van der Waals surface area contributed by atoms with E-state index >= 15 is 0 Å². The van der Waals surface area contributed by atoms with Crippen molar-refractivity contribution < 1.29 is 23.4 Å². The topological polar surface area (TPSA) is 81.4 Å². The Hall–Kier alpha value is -2.11. The van der Waals surface area contributed by atoms with Crippen molar-refractivity contribution >= 4 is 22.9 Å². The van der Waals surface area contributed by atoms with Gasteiger partial charge in [0.05, 0.1) is 42.0 Å². The molecule has 2 aromatic heterocycles. The van der Waals surface area contributed by atoms with Crippen LogP contribution in [0, 0.1) is 0 Å². The van der Waals surface area contributed by atoms with Gasteiger partial charge in [-0.15, -0.1) is 16.4 Å². The maximum Gasteiger partial charge on any atom is 0.297 e. The van der Waals surface area contributed by atoms with E-state index in [4.69, 9.17) is 21.1 Å². The van der Waals surface area contributed by atoms with Crippen LogP contribution in [-0.4, -0.2) is 39.9 Å². The van der Waals surface area contributed by atoms with E-state index in [1.807, 2.05) is 6.92 Å². The number of aliphatic hydroxyl groups is 1. The summed E-state index contributed by atoms with van der Waals surface area (Å²) in [7, 11) is 1.59. The second kappa shape index (κ2) is 8.83. The standard InChI is InChI=1S/C23H25ClF2N4O3S/c1-13-8-22(21-16(7-20(24)34-21)23(25,26)12-33-22)9-17(27-13)18-10-30(29-28-18)11-19(31)14-3-5-15(32-2)6-4-14/h3-7,10,13,17,19,27,31H,8-9,11-12H2,1-2H3/t13-,17-,19?,22-/m0/s1. The molecule has 182 valence electrons. The average Bonchev–Trinajstić information content (AvgIpc) is 3.44.